The summed E-state index contributed by atoms with van der Waals surface area (Å²) in [6, 6.07) is 11.7. The van der Waals surface area contributed by atoms with E-state index in [-0.39, 0.29) is 6.54 Å². The van der Waals surface area contributed by atoms with Crippen molar-refractivity contribution in [2.45, 2.75) is 20.0 Å². The molecule has 0 aliphatic rings. The predicted octanol–water partition coefficient (Wildman–Crippen LogP) is 2.67. The first-order valence-corrected chi connectivity index (χ1v) is 6.16. The second kappa shape index (κ2) is 6.20. The number of hydrogen-bond acceptors (Lipinski definition) is 3. The van der Waals surface area contributed by atoms with Crippen LogP contribution in [-0.2, 0) is 17.9 Å². The van der Waals surface area contributed by atoms with Gasteiger partial charge in [0.05, 0.1) is 19.4 Å². The smallest absolute Gasteiger partial charge is 0.317 e. The number of carboxylic acid groups (broad SMARTS) is 1. The quantitative estimate of drug-likeness (QED) is 0.866. The van der Waals surface area contributed by atoms with Gasteiger partial charge in [0.2, 0.25) is 0 Å². The average Bonchev–Trinajstić information content (AvgIpc) is 2.75. The Hall–Kier alpha value is -2.07. The van der Waals surface area contributed by atoms with Crippen LogP contribution in [0.2, 0.25) is 0 Å². The van der Waals surface area contributed by atoms with Crippen LogP contribution in [0.15, 0.2) is 47.1 Å². The molecule has 2 aromatic rings. The van der Waals surface area contributed by atoms with E-state index in [9.17, 15) is 4.79 Å². The summed E-state index contributed by atoms with van der Waals surface area (Å²) in [5, 5.41) is 8.99. The van der Waals surface area contributed by atoms with Crippen LogP contribution in [0.25, 0.3) is 0 Å². The monoisotopic (exact) mass is 259 g/mol. The van der Waals surface area contributed by atoms with Crippen LogP contribution in [0, 0.1) is 6.92 Å². The van der Waals surface area contributed by atoms with Crippen molar-refractivity contribution >= 4 is 5.97 Å². The number of aliphatic carboxylic acids is 1. The highest BCUT2D eigenvalue weighted by Crippen LogP contribution is 2.14. The van der Waals surface area contributed by atoms with Crippen molar-refractivity contribution in [2.75, 3.05) is 6.54 Å². The number of rotatable bonds is 6. The fourth-order valence-corrected chi connectivity index (χ4v) is 1.97. The van der Waals surface area contributed by atoms with Gasteiger partial charge in [-0.2, -0.15) is 0 Å². The van der Waals surface area contributed by atoms with E-state index in [1.54, 1.807) is 6.26 Å². The summed E-state index contributed by atoms with van der Waals surface area (Å²) < 4.78 is 5.38. The molecule has 0 bridgehead atoms. The number of aryl methyl sites for hydroxylation is 1. The zero-order valence-electron chi connectivity index (χ0n) is 10.9. The van der Waals surface area contributed by atoms with Crippen molar-refractivity contribution in [2.24, 2.45) is 0 Å². The maximum absolute atomic E-state index is 10.9. The summed E-state index contributed by atoms with van der Waals surface area (Å²) >= 11 is 0. The third kappa shape index (κ3) is 3.96. The zero-order chi connectivity index (χ0) is 13.7. The summed E-state index contributed by atoms with van der Waals surface area (Å²) in [7, 11) is 0. The molecule has 0 aliphatic carbocycles. The fourth-order valence-electron chi connectivity index (χ4n) is 1.97. The molecule has 0 saturated heterocycles. The van der Waals surface area contributed by atoms with Crippen LogP contribution >= 0.6 is 0 Å². The van der Waals surface area contributed by atoms with Gasteiger partial charge in [-0.25, -0.2) is 0 Å². The van der Waals surface area contributed by atoms with Gasteiger partial charge in [-0.05, 0) is 24.1 Å². The van der Waals surface area contributed by atoms with Crippen LogP contribution in [-0.4, -0.2) is 22.5 Å². The minimum Gasteiger partial charge on any atom is -0.480 e. The van der Waals surface area contributed by atoms with Crippen LogP contribution in [0.5, 0.6) is 0 Å². The molecule has 1 aromatic heterocycles. The molecule has 0 amide bonds. The number of furan rings is 1. The Morgan fingerprint density at radius 3 is 2.53 bits per heavy atom. The van der Waals surface area contributed by atoms with E-state index >= 15 is 0 Å². The molecule has 0 fully saturated rings. The first kappa shape index (κ1) is 13.4. The topological polar surface area (TPSA) is 53.7 Å². The molecule has 0 spiro atoms. The highest BCUT2D eigenvalue weighted by Gasteiger charge is 2.14. The molecule has 4 heteroatoms. The molecule has 19 heavy (non-hydrogen) atoms. The highest BCUT2D eigenvalue weighted by molar-refractivity contribution is 5.69. The molecule has 0 unspecified atom stereocenters. The molecular weight excluding hydrogens is 242 g/mol. The van der Waals surface area contributed by atoms with Gasteiger partial charge in [0, 0.05) is 6.54 Å². The predicted molar refractivity (Wildman–Crippen MR) is 71.6 cm³/mol. The maximum atomic E-state index is 10.9. The Labute approximate surface area is 112 Å². The second-order valence-corrected chi connectivity index (χ2v) is 4.55. The normalized spacial score (nSPS) is 10.8. The molecule has 1 heterocycles. The molecule has 0 atom stereocenters. The number of carbonyl (C=O) groups is 1. The van der Waals surface area contributed by atoms with Crippen molar-refractivity contribution in [3.63, 3.8) is 0 Å². The molecule has 1 N–H and O–H groups in total. The Balaban J connectivity index is 2.08. The minimum atomic E-state index is -0.833. The lowest BCUT2D eigenvalue weighted by atomic mass is 10.2. The Bertz CT molecular complexity index is 533. The molecule has 0 aliphatic heterocycles. The van der Waals surface area contributed by atoms with Crippen LogP contribution in [0.4, 0.5) is 0 Å². The van der Waals surface area contributed by atoms with Crippen molar-refractivity contribution in [3.8, 4) is 0 Å². The van der Waals surface area contributed by atoms with E-state index in [1.807, 2.05) is 48.2 Å². The van der Waals surface area contributed by atoms with Gasteiger partial charge < -0.3 is 9.52 Å². The summed E-state index contributed by atoms with van der Waals surface area (Å²) in [4.78, 5) is 12.8. The lowest BCUT2D eigenvalue weighted by molar-refractivity contribution is -0.138. The van der Waals surface area contributed by atoms with Crippen LogP contribution in [0.1, 0.15) is 16.9 Å². The highest BCUT2D eigenvalue weighted by atomic mass is 16.4. The van der Waals surface area contributed by atoms with Gasteiger partial charge in [0.15, 0.2) is 0 Å². The Morgan fingerprint density at radius 1 is 1.21 bits per heavy atom. The summed E-state index contributed by atoms with van der Waals surface area (Å²) in [6.07, 6.45) is 1.63. The molecular formula is C15H17NO3. The van der Waals surface area contributed by atoms with Crippen LogP contribution < -0.4 is 0 Å². The number of benzene rings is 1. The molecule has 1 aromatic carbocycles. The van der Waals surface area contributed by atoms with Gasteiger partial charge >= 0.3 is 5.97 Å². The standard InChI is InChI=1S/C15H17NO3/c1-12-7-8-19-14(12)10-16(11-15(17)18)9-13-5-3-2-4-6-13/h2-8H,9-11H2,1H3,(H,17,18). The summed E-state index contributed by atoms with van der Waals surface area (Å²) in [5.41, 5.74) is 2.14. The van der Waals surface area contributed by atoms with E-state index in [0.717, 1.165) is 16.9 Å². The molecule has 2 rings (SSSR count). The van der Waals surface area contributed by atoms with E-state index in [2.05, 4.69) is 0 Å². The molecule has 0 saturated carbocycles. The first-order chi connectivity index (χ1) is 9.15. The Morgan fingerprint density at radius 2 is 1.95 bits per heavy atom. The van der Waals surface area contributed by atoms with Gasteiger partial charge in [0.25, 0.3) is 0 Å². The molecule has 100 valence electrons. The average molecular weight is 259 g/mol. The van der Waals surface area contributed by atoms with Crippen LogP contribution in [0.3, 0.4) is 0 Å². The van der Waals surface area contributed by atoms with Gasteiger partial charge in [-0.1, -0.05) is 30.3 Å². The SMILES string of the molecule is Cc1ccoc1CN(CC(=O)O)Cc1ccccc1. The molecule has 0 radical (unpaired) electrons. The summed E-state index contributed by atoms with van der Waals surface area (Å²) in [5.74, 6) is -0.0164. The Kier molecular flexibility index (Phi) is 4.36. The van der Waals surface area contributed by atoms with E-state index in [4.69, 9.17) is 9.52 Å². The first-order valence-electron chi connectivity index (χ1n) is 6.16. The number of nitrogens with zero attached hydrogens (tertiary/aromatic N) is 1. The number of hydrogen-bond donors (Lipinski definition) is 1. The zero-order valence-corrected chi connectivity index (χ0v) is 10.9. The summed E-state index contributed by atoms with van der Waals surface area (Å²) in [6.45, 7) is 3.04. The lowest BCUT2D eigenvalue weighted by Crippen LogP contribution is -2.29. The van der Waals surface area contributed by atoms with Gasteiger partial charge in [-0.15, -0.1) is 0 Å². The second-order valence-electron chi connectivity index (χ2n) is 4.55. The van der Waals surface area contributed by atoms with Crippen molar-refractivity contribution in [1.82, 2.24) is 4.90 Å². The fraction of sp³-hybridized carbons (Fsp3) is 0.267. The van der Waals surface area contributed by atoms with Crippen molar-refractivity contribution < 1.29 is 14.3 Å². The van der Waals surface area contributed by atoms with Gasteiger partial charge in [-0.3, -0.25) is 9.69 Å². The van der Waals surface area contributed by atoms with E-state index in [1.165, 1.54) is 0 Å². The molecule has 4 nitrogen and oxygen atoms in total. The number of carboxylic acids is 1. The van der Waals surface area contributed by atoms with Gasteiger partial charge in [0.1, 0.15) is 5.76 Å². The lowest BCUT2D eigenvalue weighted by Gasteiger charge is -2.19. The third-order valence-corrected chi connectivity index (χ3v) is 2.94. The maximum Gasteiger partial charge on any atom is 0.317 e. The third-order valence-electron chi connectivity index (χ3n) is 2.94. The minimum absolute atomic E-state index is 0.00493. The van der Waals surface area contributed by atoms with E-state index in [0.29, 0.717) is 13.1 Å². The largest absolute Gasteiger partial charge is 0.480 e. The van der Waals surface area contributed by atoms with Crippen molar-refractivity contribution in [1.29, 1.82) is 0 Å². The van der Waals surface area contributed by atoms with E-state index < -0.39 is 5.97 Å². The van der Waals surface area contributed by atoms with Crippen molar-refractivity contribution in [3.05, 3.63) is 59.5 Å².